The fourth-order valence-corrected chi connectivity index (χ4v) is 5.96. The molecule has 0 heterocycles. The zero-order valence-corrected chi connectivity index (χ0v) is 21.5. The Labute approximate surface area is 189 Å². The van der Waals surface area contributed by atoms with Crippen molar-refractivity contribution in [2.24, 2.45) is 11.8 Å². The molecule has 0 saturated carbocycles. The number of rotatable bonds is 19. The van der Waals surface area contributed by atoms with Gasteiger partial charge in [0.1, 0.15) is 0 Å². The van der Waals surface area contributed by atoms with Gasteiger partial charge in [0.05, 0.1) is 0 Å². The van der Waals surface area contributed by atoms with Crippen LogP contribution in [0.15, 0.2) is 11.6 Å². The van der Waals surface area contributed by atoms with Crippen molar-refractivity contribution in [3.8, 4) is 0 Å². The molecule has 0 amide bonds. The van der Waals surface area contributed by atoms with Crippen molar-refractivity contribution >= 4 is 11.8 Å². The Hall–Kier alpha value is 0.0900. The Morgan fingerprint density at radius 3 is 1.66 bits per heavy atom. The Morgan fingerprint density at radius 2 is 1.21 bits per heavy atom. The maximum absolute atomic E-state index is 2.62. The molecule has 0 aromatic rings. The van der Waals surface area contributed by atoms with Crippen molar-refractivity contribution in [1.82, 2.24) is 0 Å². The molecular formula is C28H54S. The van der Waals surface area contributed by atoms with Crippen LogP contribution in [0.4, 0.5) is 0 Å². The smallest absolute Gasteiger partial charge is 0.0255 e. The second kappa shape index (κ2) is 18.8. The SMILES string of the molecule is CCCCCCCCCCCCCCCCCCSC1C=C(C(C)C)CCC1C. The molecule has 1 aliphatic rings. The lowest BCUT2D eigenvalue weighted by Crippen LogP contribution is -2.19. The minimum Gasteiger partial charge on any atom is -0.154 e. The van der Waals surface area contributed by atoms with Gasteiger partial charge >= 0.3 is 0 Å². The number of allylic oxidation sites excluding steroid dienone is 1. The largest absolute Gasteiger partial charge is 0.154 e. The lowest BCUT2D eigenvalue weighted by molar-refractivity contribution is 0.499. The standard InChI is InChI=1S/C28H54S/c1-5-6-7-8-9-10-11-12-13-14-15-16-17-18-19-20-23-29-28-24-27(25(2)3)22-21-26(28)4/h24-26,28H,5-23H2,1-4H3. The van der Waals surface area contributed by atoms with Crippen LogP contribution in [0, 0.1) is 11.8 Å². The Balaban J connectivity index is 1.83. The maximum Gasteiger partial charge on any atom is 0.0255 e. The van der Waals surface area contributed by atoms with Gasteiger partial charge in [0, 0.05) is 5.25 Å². The molecule has 172 valence electrons. The number of unbranched alkanes of at least 4 members (excludes halogenated alkanes) is 15. The molecule has 0 radical (unpaired) electrons. The average Bonchev–Trinajstić information content (AvgIpc) is 2.71. The van der Waals surface area contributed by atoms with Crippen molar-refractivity contribution < 1.29 is 0 Å². The molecule has 2 atom stereocenters. The van der Waals surface area contributed by atoms with Crippen LogP contribution in [0.2, 0.25) is 0 Å². The van der Waals surface area contributed by atoms with E-state index in [-0.39, 0.29) is 0 Å². The van der Waals surface area contributed by atoms with E-state index in [0.29, 0.717) is 0 Å². The molecule has 0 nitrogen and oxygen atoms in total. The number of hydrogen-bond acceptors (Lipinski definition) is 1. The highest BCUT2D eigenvalue weighted by atomic mass is 32.2. The van der Waals surface area contributed by atoms with Crippen LogP contribution in [0.3, 0.4) is 0 Å². The van der Waals surface area contributed by atoms with Gasteiger partial charge in [0.25, 0.3) is 0 Å². The topological polar surface area (TPSA) is 0 Å². The molecule has 0 aromatic carbocycles. The Bertz CT molecular complexity index is 384. The molecule has 1 aliphatic carbocycles. The first-order chi connectivity index (χ1) is 14.1. The zero-order chi connectivity index (χ0) is 21.2. The minimum absolute atomic E-state index is 0.751. The lowest BCUT2D eigenvalue weighted by Gasteiger charge is -2.28. The molecule has 0 fully saturated rings. The summed E-state index contributed by atoms with van der Waals surface area (Å²) in [5, 5.41) is 0.789. The summed E-state index contributed by atoms with van der Waals surface area (Å²) in [7, 11) is 0. The lowest BCUT2D eigenvalue weighted by atomic mass is 9.86. The van der Waals surface area contributed by atoms with E-state index in [1.54, 1.807) is 5.57 Å². The summed E-state index contributed by atoms with van der Waals surface area (Å²) in [6, 6.07) is 0. The van der Waals surface area contributed by atoms with E-state index in [9.17, 15) is 0 Å². The monoisotopic (exact) mass is 422 g/mol. The van der Waals surface area contributed by atoms with Crippen LogP contribution in [-0.4, -0.2) is 11.0 Å². The summed E-state index contributed by atoms with van der Waals surface area (Å²) in [5.74, 6) is 3.00. The number of thioether (sulfide) groups is 1. The summed E-state index contributed by atoms with van der Waals surface area (Å²) in [6.45, 7) is 9.48. The third kappa shape index (κ3) is 14.7. The first-order valence-corrected chi connectivity index (χ1v) is 14.5. The first-order valence-electron chi connectivity index (χ1n) is 13.5. The molecule has 1 heteroatoms. The van der Waals surface area contributed by atoms with Crippen LogP contribution in [-0.2, 0) is 0 Å². The third-order valence-corrected chi connectivity index (χ3v) is 8.39. The molecule has 2 unspecified atom stereocenters. The Morgan fingerprint density at radius 1 is 0.759 bits per heavy atom. The Kier molecular flexibility index (Phi) is 17.6. The van der Waals surface area contributed by atoms with Crippen molar-refractivity contribution in [3.63, 3.8) is 0 Å². The predicted octanol–water partition coefficient (Wildman–Crippen LogP) is 10.4. The molecular weight excluding hydrogens is 368 g/mol. The molecule has 29 heavy (non-hydrogen) atoms. The quantitative estimate of drug-likeness (QED) is 0.147. The van der Waals surface area contributed by atoms with Crippen LogP contribution >= 0.6 is 11.8 Å². The van der Waals surface area contributed by atoms with Crippen molar-refractivity contribution in [2.45, 2.75) is 149 Å². The molecule has 0 aromatic heterocycles. The van der Waals surface area contributed by atoms with E-state index in [0.717, 1.165) is 17.1 Å². The fourth-order valence-electron chi connectivity index (χ4n) is 4.58. The van der Waals surface area contributed by atoms with E-state index in [1.165, 1.54) is 121 Å². The molecule has 0 saturated heterocycles. The first kappa shape index (κ1) is 27.1. The van der Waals surface area contributed by atoms with E-state index in [4.69, 9.17) is 0 Å². The van der Waals surface area contributed by atoms with Crippen molar-refractivity contribution in [3.05, 3.63) is 11.6 Å². The molecule has 1 rings (SSSR count). The van der Waals surface area contributed by atoms with Gasteiger partial charge in [-0.05, 0) is 36.9 Å². The van der Waals surface area contributed by atoms with E-state index in [1.807, 2.05) is 0 Å². The van der Waals surface area contributed by atoms with Gasteiger partial charge in [-0.3, -0.25) is 0 Å². The number of hydrogen-bond donors (Lipinski definition) is 0. The van der Waals surface area contributed by atoms with Gasteiger partial charge in [-0.15, -0.1) is 0 Å². The van der Waals surface area contributed by atoms with Gasteiger partial charge in [0.15, 0.2) is 0 Å². The van der Waals surface area contributed by atoms with Crippen molar-refractivity contribution in [1.29, 1.82) is 0 Å². The summed E-state index contributed by atoms with van der Waals surface area (Å²) >= 11 is 2.24. The predicted molar refractivity (Wildman–Crippen MR) is 137 cm³/mol. The van der Waals surface area contributed by atoms with Crippen LogP contribution in [0.25, 0.3) is 0 Å². The third-order valence-electron chi connectivity index (χ3n) is 6.88. The average molecular weight is 423 g/mol. The maximum atomic E-state index is 2.62. The van der Waals surface area contributed by atoms with Gasteiger partial charge in [-0.2, -0.15) is 11.8 Å². The van der Waals surface area contributed by atoms with Crippen LogP contribution < -0.4 is 0 Å². The molecule has 0 N–H and O–H groups in total. The second-order valence-electron chi connectivity index (χ2n) is 10.1. The van der Waals surface area contributed by atoms with Gasteiger partial charge < -0.3 is 0 Å². The van der Waals surface area contributed by atoms with E-state index < -0.39 is 0 Å². The summed E-state index contributed by atoms with van der Waals surface area (Å²) in [5.41, 5.74) is 1.72. The highest BCUT2D eigenvalue weighted by Gasteiger charge is 2.22. The second-order valence-corrected chi connectivity index (χ2v) is 11.3. The summed E-state index contributed by atoms with van der Waals surface area (Å²) in [6.07, 6.45) is 28.8. The van der Waals surface area contributed by atoms with E-state index >= 15 is 0 Å². The van der Waals surface area contributed by atoms with Gasteiger partial charge in [0.2, 0.25) is 0 Å². The zero-order valence-electron chi connectivity index (χ0n) is 20.7. The highest BCUT2D eigenvalue weighted by molar-refractivity contribution is 8.00. The minimum atomic E-state index is 0.751. The van der Waals surface area contributed by atoms with Crippen molar-refractivity contribution in [2.75, 3.05) is 5.75 Å². The molecule has 0 bridgehead atoms. The van der Waals surface area contributed by atoms with Gasteiger partial charge in [-0.25, -0.2) is 0 Å². The van der Waals surface area contributed by atoms with Crippen LogP contribution in [0.5, 0.6) is 0 Å². The van der Waals surface area contributed by atoms with Crippen LogP contribution in [0.1, 0.15) is 143 Å². The molecule has 0 aliphatic heterocycles. The molecule has 0 spiro atoms. The summed E-state index contributed by atoms with van der Waals surface area (Å²) < 4.78 is 0. The summed E-state index contributed by atoms with van der Waals surface area (Å²) in [4.78, 5) is 0. The highest BCUT2D eigenvalue weighted by Crippen LogP contribution is 2.35. The fraction of sp³-hybridized carbons (Fsp3) is 0.929. The van der Waals surface area contributed by atoms with Gasteiger partial charge in [-0.1, -0.05) is 136 Å². The van der Waals surface area contributed by atoms with E-state index in [2.05, 4.69) is 45.5 Å². The normalized spacial score (nSPS) is 19.7.